The van der Waals surface area contributed by atoms with Gasteiger partial charge in [0.1, 0.15) is 11.4 Å². The SMILES string of the molecule is O=C(NCc1ccc2c(c1)OCO2)c1cnn2c1N[C@H](c1ccc(Br)cc1)C[C@@H]2C(F)(F)F. The fourth-order valence-electron chi connectivity index (χ4n) is 3.97. The Morgan fingerprint density at radius 1 is 1.18 bits per heavy atom. The normalized spacial score (nSPS) is 19.0. The molecule has 2 aliphatic rings. The number of nitrogens with zero attached hydrogens (tertiary/aromatic N) is 2. The molecule has 1 aromatic heterocycles. The average molecular weight is 523 g/mol. The van der Waals surface area contributed by atoms with Gasteiger partial charge in [-0.2, -0.15) is 18.3 Å². The zero-order valence-electron chi connectivity index (χ0n) is 17.0. The van der Waals surface area contributed by atoms with Crippen molar-refractivity contribution in [1.82, 2.24) is 15.1 Å². The van der Waals surface area contributed by atoms with Gasteiger partial charge in [0.25, 0.3) is 5.91 Å². The predicted octanol–water partition coefficient (Wildman–Crippen LogP) is 4.96. The molecule has 2 N–H and O–H groups in total. The first kappa shape index (κ1) is 21.6. The van der Waals surface area contributed by atoms with E-state index in [0.29, 0.717) is 17.1 Å². The fourth-order valence-corrected chi connectivity index (χ4v) is 4.24. The Bertz CT molecular complexity index is 1200. The van der Waals surface area contributed by atoms with Crippen LogP contribution in [0.1, 0.15) is 40.0 Å². The molecule has 2 atom stereocenters. The molecular weight excluding hydrogens is 505 g/mol. The molecule has 5 rings (SSSR count). The summed E-state index contributed by atoms with van der Waals surface area (Å²) in [6.07, 6.45) is -3.59. The Morgan fingerprint density at radius 2 is 1.94 bits per heavy atom. The Balaban J connectivity index is 1.39. The molecule has 0 aliphatic carbocycles. The van der Waals surface area contributed by atoms with Gasteiger partial charge in [0.2, 0.25) is 6.79 Å². The molecule has 1 amide bonds. The van der Waals surface area contributed by atoms with Gasteiger partial charge in [0, 0.05) is 17.4 Å². The Morgan fingerprint density at radius 3 is 2.70 bits per heavy atom. The second-order valence-electron chi connectivity index (χ2n) is 7.76. The van der Waals surface area contributed by atoms with Crippen molar-refractivity contribution in [2.24, 2.45) is 0 Å². The summed E-state index contributed by atoms with van der Waals surface area (Å²) < 4.78 is 53.8. The lowest BCUT2D eigenvalue weighted by Gasteiger charge is -2.34. The lowest BCUT2D eigenvalue weighted by molar-refractivity contribution is -0.173. The summed E-state index contributed by atoms with van der Waals surface area (Å²) >= 11 is 3.33. The molecule has 3 aromatic rings. The number of alkyl halides is 3. The van der Waals surface area contributed by atoms with Crippen molar-refractivity contribution < 1.29 is 27.4 Å². The van der Waals surface area contributed by atoms with Crippen LogP contribution < -0.4 is 20.1 Å². The third-order valence-electron chi connectivity index (χ3n) is 5.65. The lowest BCUT2D eigenvalue weighted by Crippen LogP contribution is -2.36. The van der Waals surface area contributed by atoms with Crippen molar-refractivity contribution >= 4 is 27.7 Å². The van der Waals surface area contributed by atoms with E-state index < -0.39 is 24.2 Å². The van der Waals surface area contributed by atoms with Crippen LogP contribution in [0.15, 0.2) is 53.1 Å². The topological polar surface area (TPSA) is 77.4 Å². The average Bonchev–Trinajstić information content (AvgIpc) is 3.43. The molecule has 2 aliphatic heterocycles. The third-order valence-corrected chi connectivity index (χ3v) is 6.17. The molecule has 0 saturated heterocycles. The van der Waals surface area contributed by atoms with Crippen molar-refractivity contribution in [1.29, 1.82) is 0 Å². The summed E-state index contributed by atoms with van der Waals surface area (Å²) in [7, 11) is 0. The molecule has 172 valence electrons. The van der Waals surface area contributed by atoms with E-state index in [0.717, 1.165) is 14.7 Å². The number of aromatic nitrogens is 2. The maximum Gasteiger partial charge on any atom is 0.410 e. The van der Waals surface area contributed by atoms with Crippen LogP contribution in [0.5, 0.6) is 11.5 Å². The first-order chi connectivity index (χ1) is 15.8. The van der Waals surface area contributed by atoms with Gasteiger partial charge < -0.3 is 20.1 Å². The Labute approximate surface area is 195 Å². The molecule has 3 heterocycles. The number of carbonyl (C=O) groups is 1. The molecule has 2 aromatic carbocycles. The number of halogens is 4. The van der Waals surface area contributed by atoms with Gasteiger partial charge in [0.15, 0.2) is 17.5 Å². The van der Waals surface area contributed by atoms with Crippen LogP contribution in [0.25, 0.3) is 0 Å². The number of nitrogens with one attached hydrogen (secondary N) is 2. The number of hydrogen-bond acceptors (Lipinski definition) is 5. The maximum atomic E-state index is 13.8. The first-order valence-corrected chi connectivity index (χ1v) is 10.9. The minimum atomic E-state index is -4.52. The van der Waals surface area contributed by atoms with E-state index in [-0.39, 0.29) is 31.1 Å². The summed E-state index contributed by atoms with van der Waals surface area (Å²) in [6, 6.07) is 9.83. The van der Waals surface area contributed by atoms with Crippen LogP contribution in [0.2, 0.25) is 0 Å². The van der Waals surface area contributed by atoms with Crippen LogP contribution in [0.3, 0.4) is 0 Å². The summed E-state index contributed by atoms with van der Waals surface area (Å²) in [6.45, 7) is 0.304. The molecule has 7 nitrogen and oxygen atoms in total. The lowest BCUT2D eigenvalue weighted by atomic mass is 9.96. The molecule has 0 unspecified atom stereocenters. The van der Waals surface area contributed by atoms with Gasteiger partial charge >= 0.3 is 6.18 Å². The summed E-state index contributed by atoms with van der Waals surface area (Å²) in [5.41, 5.74) is 1.50. The summed E-state index contributed by atoms with van der Waals surface area (Å²) in [4.78, 5) is 12.9. The van der Waals surface area contributed by atoms with E-state index in [1.807, 2.05) is 0 Å². The number of anilines is 1. The number of carbonyl (C=O) groups excluding carboxylic acids is 1. The van der Waals surface area contributed by atoms with Crippen LogP contribution >= 0.6 is 15.9 Å². The van der Waals surface area contributed by atoms with Gasteiger partial charge in [-0.25, -0.2) is 4.68 Å². The molecule has 33 heavy (non-hydrogen) atoms. The first-order valence-electron chi connectivity index (χ1n) is 10.1. The molecule has 0 bridgehead atoms. The zero-order valence-corrected chi connectivity index (χ0v) is 18.6. The second kappa shape index (κ2) is 8.29. The number of ether oxygens (including phenoxy) is 2. The Hall–Kier alpha value is -3.21. The van der Waals surface area contributed by atoms with Crippen LogP contribution in [0.4, 0.5) is 19.0 Å². The van der Waals surface area contributed by atoms with Crippen molar-refractivity contribution in [2.75, 3.05) is 12.1 Å². The minimum absolute atomic E-state index is 0.0414. The molecule has 0 fully saturated rings. The summed E-state index contributed by atoms with van der Waals surface area (Å²) in [5, 5.41) is 9.73. The van der Waals surface area contributed by atoms with E-state index in [2.05, 4.69) is 31.7 Å². The highest BCUT2D eigenvalue weighted by Gasteiger charge is 2.47. The third kappa shape index (κ3) is 4.24. The number of benzene rings is 2. The van der Waals surface area contributed by atoms with Gasteiger partial charge in [-0.3, -0.25) is 4.79 Å². The summed E-state index contributed by atoms with van der Waals surface area (Å²) in [5.74, 6) is 0.715. The van der Waals surface area contributed by atoms with E-state index >= 15 is 0 Å². The van der Waals surface area contributed by atoms with Crippen LogP contribution in [-0.4, -0.2) is 28.7 Å². The highest BCUT2D eigenvalue weighted by molar-refractivity contribution is 9.10. The fraction of sp³-hybridized carbons (Fsp3) is 0.273. The van der Waals surface area contributed by atoms with E-state index in [4.69, 9.17) is 9.47 Å². The van der Waals surface area contributed by atoms with E-state index in [1.54, 1.807) is 42.5 Å². The number of hydrogen-bond donors (Lipinski definition) is 2. The van der Waals surface area contributed by atoms with Gasteiger partial charge in [0.05, 0.1) is 12.2 Å². The quantitative estimate of drug-likeness (QED) is 0.506. The molecule has 11 heteroatoms. The maximum absolute atomic E-state index is 13.8. The van der Waals surface area contributed by atoms with E-state index in [1.165, 1.54) is 6.20 Å². The standard InChI is InChI=1S/C22H18BrF3N4O3/c23-14-4-2-13(3-5-14)16-8-19(22(24,25)26)30-20(29-16)15(10-28-30)21(31)27-9-12-1-6-17-18(7-12)33-11-32-17/h1-7,10,16,19,29H,8-9,11H2,(H,27,31)/t16-,19+/m0/s1. The Kier molecular flexibility index (Phi) is 5.43. The molecule has 0 spiro atoms. The number of fused-ring (bicyclic) bond motifs is 2. The number of rotatable bonds is 4. The molecule has 0 radical (unpaired) electrons. The minimum Gasteiger partial charge on any atom is -0.454 e. The van der Waals surface area contributed by atoms with Crippen LogP contribution in [0, 0.1) is 0 Å². The van der Waals surface area contributed by atoms with Gasteiger partial charge in [-0.15, -0.1) is 0 Å². The largest absolute Gasteiger partial charge is 0.454 e. The zero-order chi connectivity index (χ0) is 23.2. The predicted molar refractivity (Wildman–Crippen MR) is 116 cm³/mol. The van der Waals surface area contributed by atoms with E-state index in [9.17, 15) is 18.0 Å². The van der Waals surface area contributed by atoms with Gasteiger partial charge in [-0.1, -0.05) is 34.1 Å². The van der Waals surface area contributed by atoms with Crippen molar-refractivity contribution in [3.63, 3.8) is 0 Å². The smallest absolute Gasteiger partial charge is 0.410 e. The monoisotopic (exact) mass is 522 g/mol. The van der Waals surface area contributed by atoms with Crippen LogP contribution in [-0.2, 0) is 6.54 Å². The van der Waals surface area contributed by atoms with Crippen molar-refractivity contribution in [2.45, 2.75) is 31.2 Å². The van der Waals surface area contributed by atoms with Gasteiger partial charge in [-0.05, 0) is 35.4 Å². The van der Waals surface area contributed by atoms with Crippen molar-refractivity contribution in [3.05, 3.63) is 69.8 Å². The highest BCUT2D eigenvalue weighted by Crippen LogP contribution is 2.44. The second-order valence-corrected chi connectivity index (χ2v) is 8.68. The number of amides is 1. The van der Waals surface area contributed by atoms with Crippen molar-refractivity contribution in [3.8, 4) is 11.5 Å². The molecule has 0 saturated carbocycles. The highest BCUT2D eigenvalue weighted by atomic mass is 79.9. The molecular formula is C22H18BrF3N4O3.